The van der Waals surface area contributed by atoms with Crippen LogP contribution in [0.15, 0.2) is 0 Å². The van der Waals surface area contributed by atoms with Gasteiger partial charge in [-0.15, -0.1) is 0 Å². The Morgan fingerprint density at radius 1 is 1.36 bits per heavy atom. The summed E-state index contributed by atoms with van der Waals surface area (Å²) in [5, 5.41) is 9.63. The number of aliphatic hydroxyl groups is 1. The molecule has 0 unspecified atom stereocenters. The number of nitrogens with one attached hydrogen (secondary N) is 1. The van der Waals surface area contributed by atoms with Crippen LogP contribution >= 0.6 is 0 Å². The molecule has 0 saturated carbocycles. The van der Waals surface area contributed by atoms with E-state index in [4.69, 9.17) is 5.11 Å². The van der Waals surface area contributed by atoms with Crippen molar-refractivity contribution in [3.8, 4) is 0 Å². The number of halogens is 5. The normalized spacial score (nSPS) is 15.1. The summed E-state index contributed by atoms with van der Waals surface area (Å²) in [5.74, 6) is -7.90. The van der Waals surface area contributed by atoms with E-state index in [1.807, 2.05) is 0 Å². The van der Waals surface area contributed by atoms with Crippen LogP contribution in [0.5, 0.6) is 0 Å². The van der Waals surface area contributed by atoms with Gasteiger partial charge >= 0.3 is 18.0 Å². The van der Waals surface area contributed by atoms with Crippen molar-refractivity contribution in [3.63, 3.8) is 0 Å². The molecule has 0 fully saturated rings. The van der Waals surface area contributed by atoms with Crippen LogP contribution in [0.25, 0.3) is 0 Å². The Hall–Kier alpha value is -0.920. The highest BCUT2D eigenvalue weighted by atomic mass is 19.4. The van der Waals surface area contributed by atoms with Crippen LogP contribution in [-0.4, -0.2) is 35.8 Å². The van der Waals surface area contributed by atoms with Gasteiger partial charge in [0.2, 0.25) is 0 Å². The summed E-state index contributed by atoms with van der Waals surface area (Å²) in [6.07, 6.45) is -5.92. The summed E-state index contributed by atoms with van der Waals surface area (Å²) in [6.45, 7) is 0.365. The predicted molar refractivity (Wildman–Crippen MR) is 35.7 cm³/mol. The molecule has 0 aliphatic heterocycles. The summed E-state index contributed by atoms with van der Waals surface area (Å²) in [5.41, 5.74) is 0. The van der Waals surface area contributed by atoms with Gasteiger partial charge in [-0.3, -0.25) is 4.79 Å². The average Bonchev–Trinajstić information content (AvgIpc) is 2.01. The molecule has 0 spiro atoms. The smallest absolute Gasteiger partial charge is 0.394 e. The molecule has 1 amide bonds. The highest BCUT2D eigenvalue weighted by Gasteiger charge is 2.63. The number of hydrogen-bond acceptors (Lipinski definition) is 2. The standard InChI is InChI=1S/C6H8F5NO2/c1-3(2-13)12-4(14)5(7,8)6(9,10)11/h3,13H,2H2,1H3,(H,12,14)/t3-/m0/s1. The third-order valence-electron chi connectivity index (χ3n) is 1.29. The van der Waals surface area contributed by atoms with Gasteiger partial charge in [0.1, 0.15) is 0 Å². The van der Waals surface area contributed by atoms with Gasteiger partial charge in [0.05, 0.1) is 6.61 Å². The monoisotopic (exact) mass is 221 g/mol. The van der Waals surface area contributed by atoms with Crippen molar-refractivity contribution in [2.75, 3.05) is 6.61 Å². The Kier molecular flexibility index (Phi) is 3.81. The van der Waals surface area contributed by atoms with Crippen LogP contribution in [-0.2, 0) is 4.79 Å². The summed E-state index contributed by atoms with van der Waals surface area (Å²) < 4.78 is 59.1. The Labute approximate surface area is 75.9 Å². The molecule has 0 saturated heterocycles. The first-order valence-corrected chi connectivity index (χ1v) is 3.49. The first-order valence-electron chi connectivity index (χ1n) is 3.49. The molecule has 0 aromatic carbocycles. The van der Waals surface area contributed by atoms with E-state index in [0.717, 1.165) is 6.92 Å². The molecular weight excluding hydrogens is 213 g/mol. The Bertz CT molecular complexity index is 215. The second kappa shape index (κ2) is 4.07. The summed E-state index contributed by atoms with van der Waals surface area (Å²) >= 11 is 0. The van der Waals surface area contributed by atoms with Crippen LogP contribution in [0.1, 0.15) is 6.92 Å². The number of amides is 1. The molecule has 0 heterocycles. The number of carbonyl (C=O) groups excluding carboxylic acids is 1. The van der Waals surface area contributed by atoms with E-state index in [1.165, 1.54) is 5.32 Å². The third-order valence-corrected chi connectivity index (χ3v) is 1.29. The third kappa shape index (κ3) is 2.79. The fraction of sp³-hybridized carbons (Fsp3) is 0.833. The molecule has 8 heteroatoms. The molecule has 0 bridgehead atoms. The van der Waals surface area contributed by atoms with E-state index in [2.05, 4.69) is 0 Å². The maximum atomic E-state index is 12.2. The van der Waals surface area contributed by atoms with Crippen LogP contribution in [0.2, 0.25) is 0 Å². The molecule has 0 rings (SSSR count). The first kappa shape index (κ1) is 13.1. The maximum absolute atomic E-state index is 12.2. The number of hydrogen-bond donors (Lipinski definition) is 2. The Morgan fingerprint density at radius 2 is 1.79 bits per heavy atom. The quantitative estimate of drug-likeness (QED) is 0.688. The minimum atomic E-state index is -5.92. The topological polar surface area (TPSA) is 49.3 Å². The summed E-state index contributed by atoms with van der Waals surface area (Å²) in [4.78, 5) is 10.4. The van der Waals surface area contributed by atoms with Gasteiger partial charge in [0.15, 0.2) is 0 Å². The molecular formula is C6H8F5NO2. The summed E-state index contributed by atoms with van der Waals surface area (Å²) in [7, 11) is 0. The summed E-state index contributed by atoms with van der Waals surface area (Å²) in [6, 6.07) is -1.16. The van der Waals surface area contributed by atoms with E-state index in [-0.39, 0.29) is 0 Å². The van der Waals surface area contributed by atoms with Gasteiger partial charge in [0, 0.05) is 6.04 Å². The van der Waals surface area contributed by atoms with Crippen molar-refractivity contribution in [2.24, 2.45) is 0 Å². The highest BCUT2D eigenvalue weighted by Crippen LogP contribution is 2.35. The van der Waals surface area contributed by atoms with E-state index in [0.29, 0.717) is 0 Å². The Morgan fingerprint density at radius 3 is 2.07 bits per heavy atom. The average molecular weight is 221 g/mol. The number of carbonyl (C=O) groups is 1. The maximum Gasteiger partial charge on any atom is 0.463 e. The molecule has 1 atom stereocenters. The molecule has 84 valence electrons. The molecule has 0 aliphatic carbocycles. The van der Waals surface area contributed by atoms with Crippen molar-refractivity contribution in [1.29, 1.82) is 0 Å². The van der Waals surface area contributed by atoms with Gasteiger partial charge in [-0.05, 0) is 6.92 Å². The van der Waals surface area contributed by atoms with Crippen molar-refractivity contribution >= 4 is 5.91 Å². The second-order valence-electron chi connectivity index (χ2n) is 2.63. The lowest BCUT2D eigenvalue weighted by Crippen LogP contribution is -2.53. The van der Waals surface area contributed by atoms with Gasteiger partial charge in [-0.2, -0.15) is 22.0 Å². The van der Waals surface area contributed by atoms with E-state index in [1.54, 1.807) is 0 Å². The van der Waals surface area contributed by atoms with E-state index >= 15 is 0 Å². The second-order valence-corrected chi connectivity index (χ2v) is 2.63. The largest absolute Gasteiger partial charge is 0.463 e. The molecule has 0 aromatic rings. The van der Waals surface area contributed by atoms with Crippen molar-refractivity contribution in [3.05, 3.63) is 0 Å². The van der Waals surface area contributed by atoms with Crippen LogP contribution < -0.4 is 5.32 Å². The van der Waals surface area contributed by atoms with Crippen LogP contribution in [0.3, 0.4) is 0 Å². The lowest BCUT2D eigenvalue weighted by Gasteiger charge is -2.20. The molecule has 0 radical (unpaired) electrons. The van der Waals surface area contributed by atoms with E-state index < -0.39 is 30.7 Å². The van der Waals surface area contributed by atoms with Crippen molar-refractivity contribution in [2.45, 2.75) is 25.1 Å². The number of aliphatic hydroxyl groups excluding tert-OH is 1. The zero-order chi connectivity index (χ0) is 11.6. The lowest BCUT2D eigenvalue weighted by molar-refractivity contribution is -0.270. The van der Waals surface area contributed by atoms with Gasteiger partial charge in [-0.25, -0.2) is 0 Å². The molecule has 0 aromatic heterocycles. The zero-order valence-electron chi connectivity index (χ0n) is 7.03. The fourth-order valence-electron chi connectivity index (χ4n) is 0.489. The van der Waals surface area contributed by atoms with Gasteiger partial charge < -0.3 is 10.4 Å². The molecule has 0 aliphatic rings. The highest BCUT2D eigenvalue weighted by molar-refractivity contribution is 5.84. The minimum absolute atomic E-state index is 0.723. The number of rotatable bonds is 3. The van der Waals surface area contributed by atoms with Crippen LogP contribution in [0.4, 0.5) is 22.0 Å². The van der Waals surface area contributed by atoms with Crippen molar-refractivity contribution in [1.82, 2.24) is 5.32 Å². The fourth-order valence-corrected chi connectivity index (χ4v) is 0.489. The first-order chi connectivity index (χ1) is 6.13. The number of alkyl halides is 5. The molecule has 14 heavy (non-hydrogen) atoms. The predicted octanol–water partition coefficient (Wildman–Crippen LogP) is 0.681. The van der Waals surface area contributed by atoms with Gasteiger partial charge in [-0.1, -0.05) is 0 Å². The lowest BCUT2D eigenvalue weighted by atomic mass is 10.2. The van der Waals surface area contributed by atoms with Gasteiger partial charge in [0.25, 0.3) is 0 Å². The van der Waals surface area contributed by atoms with E-state index in [9.17, 15) is 26.7 Å². The molecule has 2 N–H and O–H groups in total. The molecule has 3 nitrogen and oxygen atoms in total. The SMILES string of the molecule is C[C@@H](CO)NC(=O)C(F)(F)C(F)(F)F. The van der Waals surface area contributed by atoms with Crippen LogP contribution in [0, 0.1) is 0 Å². The Balaban J connectivity index is 4.53. The van der Waals surface area contributed by atoms with Crippen molar-refractivity contribution < 1.29 is 31.9 Å². The minimum Gasteiger partial charge on any atom is -0.394 e. The zero-order valence-corrected chi connectivity index (χ0v) is 7.03.